The van der Waals surface area contributed by atoms with Crippen molar-refractivity contribution in [2.24, 2.45) is 7.05 Å². The van der Waals surface area contributed by atoms with Gasteiger partial charge in [0.2, 0.25) is 0 Å². The molecule has 2 amide bonds. The van der Waals surface area contributed by atoms with Gasteiger partial charge in [0.05, 0.1) is 19.2 Å². The predicted octanol–water partition coefficient (Wildman–Crippen LogP) is 1.91. The molecule has 0 saturated carbocycles. The number of nitrogens with one attached hydrogen (secondary N) is 1. The van der Waals surface area contributed by atoms with Crippen molar-refractivity contribution in [1.29, 1.82) is 0 Å². The SMILES string of the molecule is COC(=O)C(C)NC(=O)N1CCc2c(c(-c3nnc(-c4ccccc4F)o3)nn2C)C1. The number of urea groups is 1. The number of fused-ring (bicyclic) bond motifs is 1. The van der Waals surface area contributed by atoms with E-state index in [1.165, 1.54) is 13.2 Å². The summed E-state index contributed by atoms with van der Waals surface area (Å²) >= 11 is 0. The van der Waals surface area contributed by atoms with Crippen LogP contribution < -0.4 is 5.32 Å². The Morgan fingerprint density at radius 1 is 1.26 bits per heavy atom. The fraction of sp³-hybridized carbons (Fsp3) is 0.350. The summed E-state index contributed by atoms with van der Waals surface area (Å²) < 4.78 is 26.1. The summed E-state index contributed by atoms with van der Waals surface area (Å²) in [7, 11) is 3.06. The van der Waals surface area contributed by atoms with Gasteiger partial charge in [-0.25, -0.2) is 14.0 Å². The minimum Gasteiger partial charge on any atom is -0.467 e. The van der Waals surface area contributed by atoms with E-state index in [4.69, 9.17) is 4.42 Å². The lowest BCUT2D eigenvalue weighted by molar-refractivity contribution is -0.142. The summed E-state index contributed by atoms with van der Waals surface area (Å²) in [6, 6.07) is 4.95. The van der Waals surface area contributed by atoms with E-state index in [1.54, 1.807) is 41.8 Å². The van der Waals surface area contributed by atoms with Crippen molar-refractivity contribution in [3.8, 4) is 23.0 Å². The third-order valence-corrected chi connectivity index (χ3v) is 5.16. The Balaban J connectivity index is 1.59. The fourth-order valence-electron chi connectivity index (χ4n) is 3.51. The van der Waals surface area contributed by atoms with Gasteiger partial charge in [0.1, 0.15) is 11.9 Å². The fourth-order valence-corrected chi connectivity index (χ4v) is 3.51. The van der Waals surface area contributed by atoms with Crippen molar-refractivity contribution in [2.75, 3.05) is 13.7 Å². The zero-order valence-electron chi connectivity index (χ0n) is 17.3. The van der Waals surface area contributed by atoms with Crippen LogP contribution in [0.2, 0.25) is 0 Å². The molecule has 0 radical (unpaired) electrons. The van der Waals surface area contributed by atoms with Gasteiger partial charge in [-0.15, -0.1) is 10.2 Å². The number of carbonyl (C=O) groups excluding carboxylic acids is 2. The Morgan fingerprint density at radius 3 is 2.74 bits per heavy atom. The molecule has 1 aliphatic heterocycles. The lowest BCUT2D eigenvalue weighted by atomic mass is 10.1. The number of nitrogens with zero attached hydrogens (tertiary/aromatic N) is 5. The number of benzene rings is 1. The van der Waals surface area contributed by atoms with Crippen LogP contribution in [0, 0.1) is 5.82 Å². The second kappa shape index (κ2) is 8.17. The largest absolute Gasteiger partial charge is 0.467 e. The molecule has 1 N–H and O–H groups in total. The molecular weight excluding hydrogens is 407 g/mol. The molecule has 0 bridgehead atoms. The molecule has 162 valence electrons. The van der Waals surface area contributed by atoms with Gasteiger partial charge in [-0.1, -0.05) is 12.1 Å². The first-order valence-electron chi connectivity index (χ1n) is 9.65. The van der Waals surface area contributed by atoms with Crippen molar-refractivity contribution in [1.82, 2.24) is 30.2 Å². The summed E-state index contributed by atoms with van der Waals surface area (Å²) in [6.45, 7) is 2.25. The average molecular weight is 428 g/mol. The number of methoxy groups -OCH3 is 1. The van der Waals surface area contributed by atoms with Gasteiger partial charge in [-0.3, -0.25) is 4.68 Å². The van der Waals surface area contributed by atoms with Crippen LogP contribution in [0.5, 0.6) is 0 Å². The Kier molecular flexibility index (Phi) is 5.40. The van der Waals surface area contributed by atoms with Crippen LogP contribution in [0.25, 0.3) is 23.0 Å². The van der Waals surface area contributed by atoms with Gasteiger partial charge in [-0.05, 0) is 19.1 Å². The number of amides is 2. The Morgan fingerprint density at radius 2 is 2.00 bits per heavy atom. The second-order valence-corrected chi connectivity index (χ2v) is 7.16. The van der Waals surface area contributed by atoms with Crippen LogP contribution >= 0.6 is 0 Å². The van der Waals surface area contributed by atoms with Crippen molar-refractivity contribution in [2.45, 2.75) is 25.9 Å². The lowest BCUT2D eigenvalue weighted by Crippen LogP contribution is -2.48. The molecule has 0 spiro atoms. The minimum atomic E-state index is -0.772. The maximum absolute atomic E-state index is 14.1. The Bertz CT molecular complexity index is 1140. The van der Waals surface area contributed by atoms with Crippen LogP contribution in [0.1, 0.15) is 18.2 Å². The molecule has 3 aromatic rings. The van der Waals surface area contributed by atoms with E-state index in [0.29, 0.717) is 18.7 Å². The monoisotopic (exact) mass is 428 g/mol. The normalized spacial score (nSPS) is 14.1. The van der Waals surface area contributed by atoms with E-state index < -0.39 is 23.9 Å². The van der Waals surface area contributed by atoms with Gasteiger partial charge in [-0.2, -0.15) is 5.10 Å². The second-order valence-electron chi connectivity index (χ2n) is 7.16. The molecule has 0 saturated heterocycles. The Hall–Kier alpha value is -3.76. The molecule has 0 aliphatic carbocycles. The van der Waals surface area contributed by atoms with E-state index in [-0.39, 0.29) is 23.9 Å². The summed E-state index contributed by atoms with van der Waals surface area (Å²) in [5, 5.41) is 15.1. The molecular formula is C20H21FN6O4. The number of aryl methyl sites for hydroxylation is 1. The topological polar surface area (TPSA) is 115 Å². The number of hydrogen-bond acceptors (Lipinski definition) is 7. The highest BCUT2D eigenvalue weighted by atomic mass is 19.1. The van der Waals surface area contributed by atoms with E-state index in [9.17, 15) is 14.0 Å². The first-order valence-corrected chi connectivity index (χ1v) is 9.65. The Labute approximate surface area is 177 Å². The van der Waals surface area contributed by atoms with E-state index in [2.05, 4.69) is 25.3 Å². The molecule has 1 aromatic carbocycles. The van der Waals surface area contributed by atoms with Gasteiger partial charge in [0, 0.05) is 31.3 Å². The minimum absolute atomic E-state index is 0.0461. The number of ether oxygens (including phenoxy) is 1. The number of aromatic nitrogens is 4. The van der Waals surface area contributed by atoms with Gasteiger partial charge in [0.25, 0.3) is 11.8 Å². The van der Waals surface area contributed by atoms with Gasteiger partial charge < -0.3 is 19.4 Å². The predicted molar refractivity (Wildman–Crippen MR) is 106 cm³/mol. The van der Waals surface area contributed by atoms with Crippen molar-refractivity contribution in [3.63, 3.8) is 0 Å². The van der Waals surface area contributed by atoms with E-state index >= 15 is 0 Å². The third-order valence-electron chi connectivity index (χ3n) is 5.16. The molecule has 4 rings (SSSR count). The zero-order valence-corrected chi connectivity index (χ0v) is 17.3. The number of esters is 1. The quantitative estimate of drug-likeness (QED) is 0.631. The number of carbonyl (C=O) groups is 2. The van der Waals surface area contributed by atoms with Gasteiger partial charge in [0.15, 0.2) is 5.69 Å². The maximum Gasteiger partial charge on any atom is 0.328 e. The molecule has 3 heterocycles. The van der Waals surface area contributed by atoms with Crippen molar-refractivity contribution >= 4 is 12.0 Å². The molecule has 0 fully saturated rings. The molecule has 1 unspecified atom stereocenters. The highest BCUT2D eigenvalue weighted by Gasteiger charge is 2.30. The van der Waals surface area contributed by atoms with Crippen LogP contribution in [0.15, 0.2) is 28.7 Å². The highest BCUT2D eigenvalue weighted by molar-refractivity contribution is 5.83. The van der Waals surface area contributed by atoms with Crippen LogP contribution in [0.3, 0.4) is 0 Å². The third kappa shape index (κ3) is 3.86. The number of hydrogen-bond donors (Lipinski definition) is 1. The molecule has 2 aromatic heterocycles. The number of halogens is 1. The van der Waals surface area contributed by atoms with E-state index in [1.807, 2.05) is 0 Å². The average Bonchev–Trinajstić information content (AvgIpc) is 3.38. The summed E-state index contributed by atoms with van der Waals surface area (Å²) in [4.78, 5) is 25.8. The molecule has 1 atom stereocenters. The molecule has 1 aliphatic rings. The number of rotatable bonds is 4. The zero-order chi connectivity index (χ0) is 22.1. The molecule has 11 heteroatoms. The van der Waals surface area contributed by atoms with Crippen LogP contribution in [-0.4, -0.2) is 56.6 Å². The highest BCUT2D eigenvalue weighted by Crippen LogP contribution is 2.31. The summed E-state index contributed by atoms with van der Waals surface area (Å²) in [5.41, 5.74) is 2.33. The molecule has 31 heavy (non-hydrogen) atoms. The van der Waals surface area contributed by atoms with Crippen molar-refractivity contribution in [3.05, 3.63) is 41.3 Å². The lowest BCUT2D eigenvalue weighted by Gasteiger charge is -2.28. The first kappa shape index (κ1) is 20.5. The maximum atomic E-state index is 14.1. The standard InChI is InChI=1S/C20H21FN6O4/c1-11(19(28)30-3)22-20(29)27-9-8-15-13(10-27)16(25-26(15)2)18-24-23-17(31-18)12-6-4-5-7-14(12)21/h4-7,11H,8-10H2,1-3H3,(H,22,29). The summed E-state index contributed by atoms with van der Waals surface area (Å²) in [6.07, 6.45) is 0.563. The molecule has 10 nitrogen and oxygen atoms in total. The van der Waals surface area contributed by atoms with Gasteiger partial charge >= 0.3 is 12.0 Å². The first-order chi connectivity index (χ1) is 14.9. The summed E-state index contributed by atoms with van der Waals surface area (Å²) in [5.74, 6) is -0.812. The van der Waals surface area contributed by atoms with Crippen molar-refractivity contribution < 1.29 is 23.1 Å². The van der Waals surface area contributed by atoms with Crippen LogP contribution in [0.4, 0.5) is 9.18 Å². The smallest absolute Gasteiger partial charge is 0.328 e. The van der Waals surface area contributed by atoms with E-state index in [0.717, 1.165) is 11.3 Å². The van der Waals surface area contributed by atoms with Crippen LogP contribution in [-0.2, 0) is 29.5 Å².